The molecule has 0 atom stereocenters. The minimum atomic E-state index is -0.595. The van der Waals surface area contributed by atoms with Crippen molar-refractivity contribution >= 4 is 18.3 Å². The molecule has 66 valence electrons. The van der Waals surface area contributed by atoms with Gasteiger partial charge in [0.05, 0.1) is 0 Å². The topological polar surface area (TPSA) is 43.1 Å². The molecule has 2 N–H and O–H groups in total. The molecule has 1 rings (SSSR count). The Labute approximate surface area is 76.0 Å². The third kappa shape index (κ3) is 1.95. The van der Waals surface area contributed by atoms with E-state index in [2.05, 4.69) is 0 Å². The predicted molar refractivity (Wildman–Crippen MR) is 46.9 cm³/mol. The molecule has 0 aliphatic carbocycles. The Balaban J connectivity index is 0.00000121. The molecular formula is C8H9ClFNO. The fourth-order valence-corrected chi connectivity index (χ4v) is 0.874. The Bertz CT molecular complexity index is 301. The van der Waals surface area contributed by atoms with Crippen molar-refractivity contribution in [3.8, 4) is 0 Å². The molecule has 0 bridgehead atoms. The maximum absolute atomic E-state index is 12.7. The van der Waals surface area contributed by atoms with Crippen molar-refractivity contribution < 1.29 is 9.18 Å². The maximum atomic E-state index is 12.7. The minimum absolute atomic E-state index is 0. The molecule has 0 spiro atoms. The number of halogens is 2. The summed E-state index contributed by atoms with van der Waals surface area (Å²) in [7, 11) is 0. The van der Waals surface area contributed by atoms with Crippen molar-refractivity contribution in [2.75, 3.05) is 0 Å². The monoisotopic (exact) mass is 189 g/mol. The number of amides is 1. The number of primary amides is 1. The summed E-state index contributed by atoms with van der Waals surface area (Å²) < 4.78 is 12.7. The molecule has 1 amide bonds. The number of rotatable bonds is 1. The smallest absolute Gasteiger partial charge is 0.249 e. The van der Waals surface area contributed by atoms with Gasteiger partial charge in [-0.25, -0.2) is 4.39 Å². The molecule has 0 unspecified atom stereocenters. The summed E-state index contributed by atoms with van der Waals surface area (Å²) in [5.41, 5.74) is 5.52. The van der Waals surface area contributed by atoms with Gasteiger partial charge in [0.2, 0.25) is 5.91 Å². The van der Waals surface area contributed by atoms with E-state index in [1.807, 2.05) is 0 Å². The van der Waals surface area contributed by atoms with Crippen molar-refractivity contribution in [3.05, 3.63) is 35.1 Å². The van der Waals surface area contributed by atoms with E-state index in [1.165, 1.54) is 25.1 Å². The van der Waals surface area contributed by atoms with Crippen LogP contribution in [0.3, 0.4) is 0 Å². The SMILES string of the molecule is Cc1c(F)cccc1C(N)=O.Cl. The fourth-order valence-electron chi connectivity index (χ4n) is 0.874. The van der Waals surface area contributed by atoms with E-state index in [-0.39, 0.29) is 18.0 Å². The maximum Gasteiger partial charge on any atom is 0.249 e. The third-order valence-corrected chi connectivity index (χ3v) is 1.53. The lowest BCUT2D eigenvalue weighted by molar-refractivity contribution is 0.0999. The van der Waals surface area contributed by atoms with Crippen LogP contribution >= 0.6 is 12.4 Å². The van der Waals surface area contributed by atoms with Crippen LogP contribution in [0.2, 0.25) is 0 Å². The van der Waals surface area contributed by atoms with E-state index < -0.39 is 11.7 Å². The highest BCUT2D eigenvalue weighted by molar-refractivity contribution is 5.94. The Kier molecular flexibility index (Phi) is 3.70. The molecule has 4 heteroatoms. The van der Waals surface area contributed by atoms with Gasteiger partial charge in [-0.1, -0.05) is 6.07 Å². The summed E-state index contributed by atoms with van der Waals surface area (Å²) in [6.45, 7) is 1.52. The molecule has 0 aliphatic rings. The molecule has 1 aromatic carbocycles. The lowest BCUT2D eigenvalue weighted by Crippen LogP contribution is -2.13. The predicted octanol–water partition coefficient (Wildman–Crippen LogP) is 1.65. The van der Waals surface area contributed by atoms with Gasteiger partial charge in [-0.05, 0) is 24.6 Å². The van der Waals surface area contributed by atoms with E-state index in [0.29, 0.717) is 5.56 Å². The molecule has 0 fully saturated rings. The number of hydrogen-bond acceptors (Lipinski definition) is 1. The van der Waals surface area contributed by atoms with Gasteiger partial charge in [-0.2, -0.15) is 0 Å². The molecule has 0 aliphatic heterocycles. The van der Waals surface area contributed by atoms with E-state index in [9.17, 15) is 9.18 Å². The molecule has 0 aromatic heterocycles. The highest BCUT2D eigenvalue weighted by Gasteiger charge is 2.06. The summed E-state index contributed by atoms with van der Waals surface area (Å²) in [6, 6.07) is 4.25. The zero-order valence-electron chi connectivity index (χ0n) is 6.50. The van der Waals surface area contributed by atoms with Crippen molar-refractivity contribution in [3.63, 3.8) is 0 Å². The lowest BCUT2D eigenvalue weighted by atomic mass is 10.1. The van der Waals surface area contributed by atoms with Crippen LogP contribution < -0.4 is 5.73 Å². The number of nitrogens with two attached hydrogens (primary N) is 1. The van der Waals surface area contributed by atoms with Crippen LogP contribution in [0.15, 0.2) is 18.2 Å². The zero-order valence-corrected chi connectivity index (χ0v) is 7.32. The van der Waals surface area contributed by atoms with Crippen molar-refractivity contribution in [1.82, 2.24) is 0 Å². The van der Waals surface area contributed by atoms with E-state index >= 15 is 0 Å². The van der Waals surface area contributed by atoms with Crippen LogP contribution in [0.25, 0.3) is 0 Å². The first-order valence-corrected chi connectivity index (χ1v) is 3.18. The zero-order chi connectivity index (χ0) is 8.43. The average Bonchev–Trinajstić information content (AvgIpc) is 1.94. The summed E-state index contributed by atoms with van der Waals surface area (Å²) in [5.74, 6) is -0.997. The van der Waals surface area contributed by atoms with Crippen LogP contribution in [0.4, 0.5) is 4.39 Å². The second-order valence-corrected chi connectivity index (χ2v) is 2.28. The Morgan fingerprint density at radius 3 is 2.50 bits per heavy atom. The Morgan fingerprint density at radius 2 is 2.08 bits per heavy atom. The van der Waals surface area contributed by atoms with Crippen LogP contribution in [0, 0.1) is 12.7 Å². The van der Waals surface area contributed by atoms with Gasteiger partial charge in [0.15, 0.2) is 0 Å². The molecule has 1 aromatic rings. The second-order valence-electron chi connectivity index (χ2n) is 2.28. The van der Waals surface area contributed by atoms with Crippen molar-refractivity contribution in [2.24, 2.45) is 5.73 Å². The minimum Gasteiger partial charge on any atom is -0.366 e. The first kappa shape index (κ1) is 10.9. The largest absolute Gasteiger partial charge is 0.366 e. The second kappa shape index (κ2) is 4.07. The molecular weight excluding hydrogens is 181 g/mol. The van der Waals surface area contributed by atoms with Gasteiger partial charge in [0.25, 0.3) is 0 Å². The molecule has 0 radical (unpaired) electrons. The number of hydrogen-bond donors (Lipinski definition) is 1. The van der Waals surface area contributed by atoms with Crippen LogP contribution in [0.5, 0.6) is 0 Å². The quantitative estimate of drug-likeness (QED) is 0.718. The summed E-state index contributed by atoms with van der Waals surface area (Å²) >= 11 is 0. The molecule has 0 saturated heterocycles. The van der Waals surface area contributed by atoms with Crippen LogP contribution in [-0.4, -0.2) is 5.91 Å². The molecule has 2 nitrogen and oxygen atoms in total. The van der Waals surface area contributed by atoms with E-state index in [0.717, 1.165) is 0 Å². The molecule has 12 heavy (non-hydrogen) atoms. The third-order valence-electron chi connectivity index (χ3n) is 1.53. The van der Waals surface area contributed by atoms with Gasteiger partial charge >= 0.3 is 0 Å². The van der Waals surface area contributed by atoms with Crippen LogP contribution in [0.1, 0.15) is 15.9 Å². The van der Waals surface area contributed by atoms with Gasteiger partial charge in [-0.3, -0.25) is 4.79 Å². The lowest BCUT2D eigenvalue weighted by Gasteiger charge is -2.00. The standard InChI is InChI=1S/C8H8FNO.ClH/c1-5-6(8(10)11)3-2-4-7(5)9;/h2-4H,1H3,(H2,10,11);1H. The average molecular weight is 190 g/mol. The number of carbonyl (C=O) groups is 1. The Hall–Kier alpha value is -1.09. The molecule has 0 heterocycles. The van der Waals surface area contributed by atoms with Gasteiger partial charge in [-0.15, -0.1) is 12.4 Å². The van der Waals surface area contributed by atoms with Crippen LogP contribution in [-0.2, 0) is 0 Å². The summed E-state index contributed by atoms with van der Waals surface area (Å²) in [4.78, 5) is 10.6. The first-order valence-electron chi connectivity index (χ1n) is 3.18. The first-order chi connectivity index (χ1) is 5.13. The Morgan fingerprint density at radius 1 is 1.50 bits per heavy atom. The van der Waals surface area contributed by atoms with Gasteiger partial charge in [0.1, 0.15) is 5.82 Å². The number of benzene rings is 1. The normalized spacial score (nSPS) is 8.83. The highest BCUT2D eigenvalue weighted by Crippen LogP contribution is 2.10. The summed E-state index contributed by atoms with van der Waals surface area (Å²) in [5, 5.41) is 0. The van der Waals surface area contributed by atoms with Crippen molar-refractivity contribution in [2.45, 2.75) is 6.92 Å². The van der Waals surface area contributed by atoms with Gasteiger partial charge < -0.3 is 5.73 Å². The number of carbonyl (C=O) groups excluding carboxylic acids is 1. The summed E-state index contributed by atoms with van der Waals surface area (Å²) in [6.07, 6.45) is 0. The van der Waals surface area contributed by atoms with Crippen molar-refractivity contribution in [1.29, 1.82) is 0 Å². The fraction of sp³-hybridized carbons (Fsp3) is 0.125. The van der Waals surface area contributed by atoms with E-state index in [4.69, 9.17) is 5.73 Å². The van der Waals surface area contributed by atoms with E-state index in [1.54, 1.807) is 0 Å². The van der Waals surface area contributed by atoms with Gasteiger partial charge in [0, 0.05) is 5.56 Å². The molecule has 0 saturated carbocycles. The highest BCUT2D eigenvalue weighted by atomic mass is 35.5.